The van der Waals surface area contributed by atoms with Crippen LogP contribution in [0, 0.1) is 0 Å². The standard InChI is InChI=1S/C16H16ClNO3S2/c1-23(20,21)10-6-7-13(17)14(8-10)18-16(19)12-9-22-15-5-3-2-4-11(12)15/h6-9H,2-5H2,1H3,(H,18,19). The number of benzene rings is 1. The van der Waals surface area contributed by atoms with Crippen molar-refractivity contribution in [2.24, 2.45) is 0 Å². The number of aryl methyl sites for hydroxylation is 1. The summed E-state index contributed by atoms with van der Waals surface area (Å²) >= 11 is 7.70. The molecule has 0 aliphatic heterocycles. The van der Waals surface area contributed by atoms with E-state index in [9.17, 15) is 13.2 Å². The molecule has 7 heteroatoms. The number of nitrogens with one attached hydrogen (secondary N) is 1. The number of anilines is 1. The molecule has 4 nitrogen and oxygen atoms in total. The molecule has 0 saturated heterocycles. The van der Waals surface area contributed by atoms with Gasteiger partial charge in [-0.15, -0.1) is 11.3 Å². The summed E-state index contributed by atoms with van der Waals surface area (Å²) in [5.74, 6) is -0.239. The molecule has 2 aromatic rings. The van der Waals surface area contributed by atoms with Gasteiger partial charge in [-0.2, -0.15) is 0 Å². The molecule has 1 amide bonds. The van der Waals surface area contributed by atoms with Crippen LogP contribution in [0.25, 0.3) is 0 Å². The Labute approximate surface area is 144 Å². The van der Waals surface area contributed by atoms with E-state index in [1.165, 1.54) is 23.1 Å². The van der Waals surface area contributed by atoms with Gasteiger partial charge in [-0.05, 0) is 49.4 Å². The lowest BCUT2D eigenvalue weighted by Crippen LogP contribution is -2.15. The van der Waals surface area contributed by atoms with Crippen molar-refractivity contribution in [3.63, 3.8) is 0 Å². The highest BCUT2D eigenvalue weighted by Crippen LogP contribution is 2.32. The quantitative estimate of drug-likeness (QED) is 0.891. The Bertz CT molecular complexity index is 871. The van der Waals surface area contributed by atoms with Gasteiger partial charge in [0.15, 0.2) is 9.84 Å². The van der Waals surface area contributed by atoms with Crippen molar-refractivity contribution in [1.82, 2.24) is 0 Å². The number of hydrogen-bond donors (Lipinski definition) is 1. The van der Waals surface area contributed by atoms with Crippen LogP contribution in [0.15, 0.2) is 28.5 Å². The molecule has 0 fully saturated rings. The van der Waals surface area contributed by atoms with Crippen LogP contribution in [-0.4, -0.2) is 20.6 Å². The number of carbonyl (C=O) groups excluding carboxylic acids is 1. The van der Waals surface area contributed by atoms with E-state index in [2.05, 4.69) is 5.32 Å². The van der Waals surface area contributed by atoms with Gasteiger partial charge in [-0.1, -0.05) is 11.6 Å². The van der Waals surface area contributed by atoms with Gasteiger partial charge in [0.05, 0.1) is 21.2 Å². The van der Waals surface area contributed by atoms with Crippen LogP contribution >= 0.6 is 22.9 Å². The zero-order chi connectivity index (χ0) is 16.6. The summed E-state index contributed by atoms with van der Waals surface area (Å²) in [6.07, 6.45) is 5.32. The average Bonchev–Trinajstić information content (AvgIpc) is 2.92. The van der Waals surface area contributed by atoms with Crippen LogP contribution in [0.2, 0.25) is 5.02 Å². The zero-order valence-corrected chi connectivity index (χ0v) is 14.9. The lowest BCUT2D eigenvalue weighted by molar-refractivity contribution is 0.102. The minimum Gasteiger partial charge on any atom is -0.321 e. The summed E-state index contributed by atoms with van der Waals surface area (Å²) in [6, 6.07) is 4.31. The second kappa shape index (κ2) is 6.26. The van der Waals surface area contributed by atoms with Crippen LogP contribution in [-0.2, 0) is 22.7 Å². The molecule has 0 unspecified atom stereocenters. The van der Waals surface area contributed by atoms with E-state index >= 15 is 0 Å². The monoisotopic (exact) mass is 369 g/mol. The molecule has 1 aliphatic carbocycles. The van der Waals surface area contributed by atoms with Crippen molar-refractivity contribution >= 4 is 44.4 Å². The van der Waals surface area contributed by atoms with Crippen molar-refractivity contribution in [2.45, 2.75) is 30.6 Å². The van der Waals surface area contributed by atoms with Crippen LogP contribution in [0.1, 0.15) is 33.6 Å². The zero-order valence-electron chi connectivity index (χ0n) is 12.6. The Morgan fingerprint density at radius 1 is 1.26 bits per heavy atom. The molecular formula is C16H16ClNO3S2. The Morgan fingerprint density at radius 3 is 2.74 bits per heavy atom. The predicted molar refractivity (Wildman–Crippen MR) is 93.5 cm³/mol. The maximum Gasteiger partial charge on any atom is 0.256 e. The summed E-state index contributed by atoms with van der Waals surface area (Å²) in [5.41, 5.74) is 2.11. The van der Waals surface area contributed by atoms with Gasteiger partial charge < -0.3 is 5.32 Å². The minimum atomic E-state index is -3.35. The fourth-order valence-electron chi connectivity index (χ4n) is 2.70. The van der Waals surface area contributed by atoms with E-state index in [0.29, 0.717) is 16.3 Å². The number of sulfone groups is 1. The number of halogens is 1. The molecule has 23 heavy (non-hydrogen) atoms. The second-order valence-electron chi connectivity index (χ2n) is 5.63. The molecule has 1 aromatic heterocycles. The molecule has 1 aliphatic rings. The maximum atomic E-state index is 12.5. The lowest BCUT2D eigenvalue weighted by Gasteiger charge is -2.13. The Balaban J connectivity index is 1.90. The van der Waals surface area contributed by atoms with E-state index < -0.39 is 9.84 Å². The molecular weight excluding hydrogens is 354 g/mol. The number of amides is 1. The largest absolute Gasteiger partial charge is 0.321 e. The van der Waals surface area contributed by atoms with E-state index in [1.54, 1.807) is 11.3 Å². The van der Waals surface area contributed by atoms with Gasteiger partial charge in [0.2, 0.25) is 0 Å². The number of fused-ring (bicyclic) bond motifs is 1. The molecule has 0 saturated carbocycles. The summed E-state index contributed by atoms with van der Waals surface area (Å²) in [6.45, 7) is 0. The van der Waals surface area contributed by atoms with Gasteiger partial charge in [0, 0.05) is 16.5 Å². The fourth-order valence-corrected chi connectivity index (χ4v) is 4.64. The third-order valence-electron chi connectivity index (χ3n) is 3.92. The smallest absolute Gasteiger partial charge is 0.256 e. The molecule has 0 spiro atoms. The topological polar surface area (TPSA) is 63.2 Å². The third-order valence-corrected chi connectivity index (χ3v) is 6.45. The van der Waals surface area contributed by atoms with E-state index in [4.69, 9.17) is 11.6 Å². The van der Waals surface area contributed by atoms with Gasteiger partial charge in [0.25, 0.3) is 5.91 Å². The van der Waals surface area contributed by atoms with Crippen LogP contribution in [0.3, 0.4) is 0 Å². The Kier molecular flexibility index (Phi) is 4.49. The van der Waals surface area contributed by atoms with Gasteiger partial charge in [-0.25, -0.2) is 8.42 Å². The van der Waals surface area contributed by atoms with Crippen molar-refractivity contribution in [3.8, 4) is 0 Å². The minimum absolute atomic E-state index is 0.129. The third kappa shape index (κ3) is 3.44. The van der Waals surface area contributed by atoms with Gasteiger partial charge in [-0.3, -0.25) is 4.79 Å². The van der Waals surface area contributed by atoms with Crippen molar-refractivity contribution in [3.05, 3.63) is 44.6 Å². The molecule has 3 rings (SSSR count). The van der Waals surface area contributed by atoms with Gasteiger partial charge in [0.1, 0.15) is 0 Å². The lowest BCUT2D eigenvalue weighted by atomic mass is 9.95. The maximum absolute atomic E-state index is 12.5. The number of carbonyl (C=O) groups is 1. The highest BCUT2D eigenvalue weighted by molar-refractivity contribution is 7.90. The highest BCUT2D eigenvalue weighted by atomic mass is 35.5. The molecule has 0 radical (unpaired) electrons. The van der Waals surface area contributed by atoms with Crippen molar-refractivity contribution < 1.29 is 13.2 Å². The molecule has 122 valence electrons. The average molecular weight is 370 g/mol. The first-order chi connectivity index (χ1) is 10.9. The summed E-state index contributed by atoms with van der Waals surface area (Å²) in [5, 5.41) is 4.94. The summed E-state index contributed by atoms with van der Waals surface area (Å²) < 4.78 is 23.3. The normalized spacial score (nSPS) is 14.3. The molecule has 1 N–H and O–H groups in total. The van der Waals surface area contributed by atoms with E-state index in [1.807, 2.05) is 5.38 Å². The van der Waals surface area contributed by atoms with E-state index in [0.717, 1.165) is 37.5 Å². The first-order valence-corrected chi connectivity index (χ1v) is 10.4. The first-order valence-electron chi connectivity index (χ1n) is 7.26. The first kappa shape index (κ1) is 16.5. The van der Waals surface area contributed by atoms with Crippen LogP contribution < -0.4 is 5.32 Å². The predicted octanol–water partition coefficient (Wildman–Crippen LogP) is 3.94. The van der Waals surface area contributed by atoms with Gasteiger partial charge >= 0.3 is 0 Å². The molecule has 0 atom stereocenters. The number of thiophene rings is 1. The highest BCUT2D eigenvalue weighted by Gasteiger charge is 2.21. The SMILES string of the molecule is CS(=O)(=O)c1ccc(Cl)c(NC(=O)c2csc3c2CCCC3)c1. The number of hydrogen-bond acceptors (Lipinski definition) is 4. The number of rotatable bonds is 3. The van der Waals surface area contributed by atoms with Crippen molar-refractivity contribution in [1.29, 1.82) is 0 Å². The fraction of sp³-hybridized carbons (Fsp3) is 0.312. The van der Waals surface area contributed by atoms with E-state index in [-0.39, 0.29) is 10.8 Å². The van der Waals surface area contributed by atoms with Crippen LogP contribution in [0.4, 0.5) is 5.69 Å². The summed E-state index contributed by atoms with van der Waals surface area (Å²) in [7, 11) is -3.35. The molecule has 1 heterocycles. The second-order valence-corrected chi connectivity index (χ2v) is 9.01. The molecule has 1 aromatic carbocycles. The van der Waals surface area contributed by atoms with Crippen molar-refractivity contribution in [2.75, 3.05) is 11.6 Å². The van der Waals surface area contributed by atoms with Crippen LogP contribution in [0.5, 0.6) is 0 Å². The Hall–Kier alpha value is -1.37. The summed E-state index contributed by atoms with van der Waals surface area (Å²) in [4.78, 5) is 14.0. The Morgan fingerprint density at radius 2 is 2.00 bits per heavy atom. The molecule has 0 bridgehead atoms.